The van der Waals surface area contributed by atoms with Gasteiger partial charge in [0.25, 0.3) is 0 Å². The van der Waals surface area contributed by atoms with Crippen molar-refractivity contribution in [3.8, 4) is 0 Å². The normalized spacial score (nSPS) is 13.1. The summed E-state index contributed by atoms with van der Waals surface area (Å²) in [4.78, 5) is 2.32. The lowest BCUT2D eigenvalue weighted by molar-refractivity contribution is 0.327. The standard InChI is InChI=1S/C13H28N2/c1-4-7-13(9-10-14)8-6-12-15(3)11-5-2/h5,13H,2,4,6-12,14H2,1,3H3. The van der Waals surface area contributed by atoms with Crippen LogP contribution in [0.2, 0.25) is 0 Å². The molecule has 0 aliphatic rings. The molecule has 0 amide bonds. The largest absolute Gasteiger partial charge is 0.330 e. The zero-order chi connectivity index (χ0) is 11.5. The maximum atomic E-state index is 5.62. The molecule has 0 saturated heterocycles. The van der Waals surface area contributed by atoms with Gasteiger partial charge < -0.3 is 10.6 Å². The van der Waals surface area contributed by atoms with Gasteiger partial charge in [0.1, 0.15) is 0 Å². The summed E-state index contributed by atoms with van der Waals surface area (Å²) in [5.41, 5.74) is 5.62. The zero-order valence-corrected chi connectivity index (χ0v) is 10.5. The second-order valence-electron chi connectivity index (χ2n) is 4.43. The van der Waals surface area contributed by atoms with Gasteiger partial charge in [0, 0.05) is 6.54 Å². The summed E-state index contributed by atoms with van der Waals surface area (Å²) < 4.78 is 0. The van der Waals surface area contributed by atoms with Crippen LogP contribution in [-0.2, 0) is 0 Å². The first kappa shape index (κ1) is 14.7. The minimum Gasteiger partial charge on any atom is -0.330 e. The molecular weight excluding hydrogens is 184 g/mol. The third kappa shape index (κ3) is 8.64. The van der Waals surface area contributed by atoms with E-state index < -0.39 is 0 Å². The third-order valence-corrected chi connectivity index (χ3v) is 2.86. The van der Waals surface area contributed by atoms with Crippen LogP contribution in [0.1, 0.15) is 39.0 Å². The zero-order valence-electron chi connectivity index (χ0n) is 10.5. The predicted molar refractivity (Wildman–Crippen MR) is 69.0 cm³/mol. The van der Waals surface area contributed by atoms with Crippen molar-refractivity contribution in [2.75, 3.05) is 26.7 Å². The average Bonchev–Trinajstić information content (AvgIpc) is 2.19. The van der Waals surface area contributed by atoms with Gasteiger partial charge in [-0.1, -0.05) is 25.8 Å². The minimum atomic E-state index is 0.840. The van der Waals surface area contributed by atoms with Crippen molar-refractivity contribution in [2.24, 2.45) is 11.7 Å². The molecule has 0 aromatic carbocycles. The van der Waals surface area contributed by atoms with Crippen LogP contribution in [0.5, 0.6) is 0 Å². The summed E-state index contributed by atoms with van der Waals surface area (Å²) in [5, 5.41) is 0. The number of hydrogen-bond donors (Lipinski definition) is 1. The van der Waals surface area contributed by atoms with Gasteiger partial charge in [0.2, 0.25) is 0 Å². The van der Waals surface area contributed by atoms with Crippen molar-refractivity contribution in [1.29, 1.82) is 0 Å². The monoisotopic (exact) mass is 212 g/mol. The van der Waals surface area contributed by atoms with Crippen LogP contribution >= 0.6 is 0 Å². The van der Waals surface area contributed by atoms with Crippen molar-refractivity contribution in [3.63, 3.8) is 0 Å². The molecule has 15 heavy (non-hydrogen) atoms. The van der Waals surface area contributed by atoms with E-state index in [0.717, 1.165) is 19.0 Å². The van der Waals surface area contributed by atoms with Crippen molar-refractivity contribution in [1.82, 2.24) is 4.90 Å². The van der Waals surface area contributed by atoms with E-state index in [0.29, 0.717) is 0 Å². The third-order valence-electron chi connectivity index (χ3n) is 2.86. The Labute approximate surface area is 95.5 Å². The van der Waals surface area contributed by atoms with E-state index in [1.807, 2.05) is 6.08 Å². The first-order valence-corrected chi connectivity index (χ1v) is 6.24. The molecule has 2 N–H and O–H groups in total. The molecule has 0 saturated carbocycles. The molecule has 2 nitrogen and oxygen atoms in total. The SMILES string of the molecule is C=CCN(C)CCCC(CCC)CCN. The smallest absolute Gasteiger partial charge is 0.0157 e. The van der Waals surface area contributed by atoms with E-state index in [1.165, 1.54) is 38.6 Å². The summed E-state index contributed by atoms with van der Waals surface area (Å²) in [7, 11) is 2.15. The Hall–Kier alpha value is -0.340. The van der Waals surface area contributed by atoms with Crippen LogP contribution in [0.25, 0.3) is 0 Å². The molecule has 0 fully saturated rings. The second-order valence-corrected chi connectivity index (χ2v) is 4.43. The highest BCUT2D eigenvalue weighted by Crippen LogP contribution is 2.16. The first-order chi connectivity index (χ1) is 7.24. The van der Waals surface area contributed by atoms with Gasteiger partial charge in [-0.15, -0.1) is 6.58 Å². The van der Waals surface area contributed by atoms with Gasteiger partial charge in [0.05, 0.1) is 0 Å². The second kappa shape index (κ2) is 10.2. The molecule has 0 aliphatic carbocycles. The number of nitrogens with two attached hydrogens (primary N) is 1. The van der Waals surface area contributed by atoms with Crippen LogP contribution in [0.4, 0.5) is 0 Å². The lowest BCUT2D eigenvalue weighted by Gasteiger charge is -2.18. The minimum absolute atomic E-state index is 0.840. The summed E-state index contributed by atoms with van der Waals surface area (Å²) in [6, 6.07) is 0. The van der Waals surface area contributed by atoms with Gasteiger partial charge >= 0.3 is 0 Å². The lowest BCUT2D eigenvalue weighted by atomic mass is 9.94. The Morgan fingerprint density at radius 2 is 2.07 bits per heavy atom. The Morgan fingerprint density at radius 3 is 2.60 bits per heavy atom. The molecule has 1 atom stereocenters. The van der Waals surface area contributed by atoms with E-state index in [2.05, 4.69) is 25.5 Å². The molecule has 0 aromatic heterocycles. The van der Waals surface area contributed by atoms with E-state index in [1.54, 1.807) is 0 Å². The molecule has 0 aliphatic heterocycles. The Morgan fingerprint density at radius 1 is 1.33 bits per heavy atom. The fraction of sp³-hybridized carbons (Fsp3) is 0.846. The van der Waals surface area contributed by atoms with Crippen LogP contribution in [0, 0.1) is 5.92 Å². The topological polar surface area (TPSA) is 29.3 Å². The summed E-state index contributed by atoms with van der Waals surface area (Å²) in [5.74, 6) is 0.845. The summed E-state index contributed by atoms with van der Waals surface area (Å²) in [6.07, 6.45) is 8.39. The van der Waals surface area contributed by atoms with Crippen LogP contribution < -0.4 is 5.73 Å². The van der Waals surface area contributed by atoms with E-state index in [9.17, 15) is 0 Å². The van der Waals surface area contributed by atoms with Gasteiger partial charge in [-0.3, -0.25) is 0 Å². The van der Waals surface area contributed by atoms with Gasteiger partial charge in [0.15, 0.2) is 0 Å². The molecular formula is C13H28N2. The lowest BCUT2D eigenvalue weighted by Crippen LogP contribution is -2.20. The Balaban J connectivity index is 3.55. The fourth-order valence-electron chi connectivity index (χ4n) is 2.04. The highest BCUT2D eigenvalue weighted by molar-refractivity contribution is 4.71. The van der Waals surface area contributed by atoms with Gasteiger partial charge in [-0.25, -0.2) is 0 Å². The molecule has 0 aromatic rings. The molecule has 2 heteroatoms. The van der Waals surface area contributed by atoms with Crippen LogP contribution in [0.15, 0.2) is 12.7 Å². The molecule has 0 spiro atoms. The molecule has 0 heterocycles. The van der Waals surface area contributed by atoms with E-state index in [-0.39, 0.29) is 0 Å². The summed E-state index contributed by atoms with van der Waals surface area (Å²) >= 11 is 0. The van der Waals surface area contributed by atoms with Crippen LogP contribution in [0.3, 0.4) is 0 Å². The highest BCUT2D eigenvalue weighted by atomic mass is 15.1. The van der Waals surface area contributed by atoms with Crippen molar-refractivity contribution < 1.29 is 0 Å². The van der Waals surface area contributed by atoms with Crippen LogP contribution in [-0.4, -0.2) is 31.6 Å². The Bertz CT molecular complexity index is 139. The maximum Gasteiger partial charge on any atom is 0.0157 e. The Kier molecular flexibility index (Phi) is 9.96. The number of rotatable bonds is 10. The van der Waals surface area contributed by atoms with Gasteiger partial charge in [-0.05, 0) is 45.3 Å². The highest BCUT2D eigenvalue weighted by Gasteiger charge is 2.06. The quantitative estimate of drug-likeness (QED) is 0.564. The first-order valence-electron chi connectivity index (χ1n) is 6.24. The molecule has 90 valence electrons. The summed E-state index contributed by atoms with van der Waals surface area (Å²) in [6.45, 7) is 9.02. The maximum absolute atomic E-state index is 5.62. The average molecular weight is 212 g/mol. The molecule has 0 bridgehead atoms. The van der Waals surface area contributed by atoms with Crippen molar-refractivity contribution in [3.05, 3.63) is 12.7 Å². The number of hydrogen-bond acceptors (Lipinski definition) is 2. The van der Waals surface area contributed by atoms with Gasteiger partial charge in [-0.2, -0.15) is 0 Å². The fourth-order valence-corrected chi connectivity index (χ4v) is 2.04. The van der Waals surface area contributed by atoms with Crippen molar-refractivity contribution >= 4 is 0 Å². The molecule has 1 unspecified atom stereocenters. The van der Waals surface area contributed by atoms with E-state index >= 15 is 0 Å². The van der Waals surface area contributed by atoms with E-state index in [4.69, 9.17) is 5.73 Å². The number of nitrogens with zero attached hydrogens (tertiary/aromatic N) is 1. The number of likely N-dealkylation sites (N-methyl/N-ethyl adjacent to an activating group) is 1. The van der Waals surface area contributed by atoms with Crippen molar-refractivity contribution in [2.45, 2.75) is 39.0 Å². The predicted octanol–water partition coefficient (Wildman–Crippen LogP) is 2.65. The molecule has 0 rings (SSSR count). The molecule has 0 radical (unpaired) electrons.